The first-order valence-electron chi connectivity index (χ1n) is 10.6. The normalized spacial score (nSPS) is 11.7. The van der Waals surface area contributed by atoms with E-state index in [1.165, 1.54) is 6.33 Å². The first-order valence-corrected chi connectivity index (χ1v) is 10.6. The van der Waals surface area contributed by atoms with Crippen molar-refractivity contribution in [1.29, 1.82) is 0 Å². The first-order chi connectivity index (χ1) is 17.2. The quantitative estimate of drug-likeness (QED) is 0.323. The third kappa shape index (κ3) is 4.63. The van der Waals surface area contributed by atoms with Crippen molar-refractivity contribution in [1.82, 2.24) is 9.97 Å². The van der Waals surface area contributed by atoms with Gasteiger partial charge in [-0.25, -0.2) is 18.7 Å². The fourth-order valence-electron chi connectivity index (χ4n) is 3.70. The predicted molar refractivity (Wildman–Crippen MR) is 127 cm³/mol. The van der Waals surface area contributed by atoms with E-state index in [9.17, 15) is 22.8 Å². The summed E-state index contributed by atoms with van der Waals surface area (Å²) >= 11 is 0. The molecule has 0 spiro atoms. The number of hydrogen-bond acceptors (Lipinski definition) is 6. The molecule has 1 heterocycles. The van der Waals surface area contributed by atoms with Crippen LogP contribution in [0.1, 0.15) is 39.2 Å². The smallest absolute Gasteiger partial charge is 0.258 e. The van der Waals surface area contributed by atoms with Gasteiger partial charge in [0.15, 0.2) is 17.4 Å². The molecule has 184 valence electrons. The number of nitrogens with two attached hydrogens (primary N) is 1. The Morgan fingerprint density at radius 2 is 1.75 bits per heavy atom. The standard InChI is InChI=1S/C25H20F3N5O3/c1-12(32-24-16-8-4-7-15(23(29)34)21(16)30-11-31-24)13-5-3-6-14(9-13)33-25(35)17-10-18(26)22(36-2)20(28)19(17)27/h3-12H,1-2H3,(H2,29,34)(H,33,35)(H,30,31,32). The van der Waals surface area contributed by atoms with E-state index in [-0.39, 0.29) is 17.3 Å². The van der Waals surface area contributed by atoms with Gasteiger partial charge in [0.05, 0.1) is 29.8 Å². The molecule has 1 atom stereocenters. The second-order valence-corrected chi connectivity index (χ2v) is 7.80. The van der Waals surface area contributed by atoms with Crippen molar-refractivity contribution in [3.63, 3.8) is 0 Å². The van der Waals surface area contributed by atoms with E-state index in [0.29, 0.717) is 28.4 Å². The highest BCUT2D eigenvalue weighted by Gasteiger charge is 2.24. The van der Waals surface area contributed by atoms with E-state index in [0.717, 1.165) is 7.11 Å². The third-order valence-electron chi connectivity index (χ3n) is 5.49. The largest absolute Gasteiger partial charge is 0.491 e. The number of carbonyl (C=O) groups is 2. The van der Waals surface area contributed by atoms with Crippen LogP contribution >= 0.6 is 0 Å². The summed E-state index contributed by atoms with van der Waals surface area (Å²) in [6.07, 6.45) is 1.31. The number of benzene rings is 3. The van der Waals surface area contributed by atoms with Crippen LogP contribution in [0, 0.1) is 17.5 Å². The molecular formula is C25H20F3N5O3. The highest BCUT2D eigenvalue weighted by Crippen LogP contribution is 2.29. The average molecular weight is 495 g/mol. The Morgan fingerprint density at radius 3 is 2.47 bits per heavy atom. The molecule has 0 saturated carbocycles. The molecule has 8 nitrogen and oxygen atoms in total. The van der Waals surface area contributed by atoms with Gasteiger partial charge in [-0.15, -0.1) is 0 Å². The van der Waals surface area contributed by atoms with Gasteiger partial charge in [0.25, 0.3) is 11.8 Å². The molecule has 4 rings (SSSR count). The van der Waals surface area contributed by atoms with Gasteiger partial charge in [-0.2, -0.15) is 4.39 Å². The van der Waals surface area contributed by atoms with E-state index in [1.54, 1.807) is 42.5 Å². The Morgan fingerprint density at radius 1 is 1.00 bits per heavy atom. The maximum Gasteiger partial charge on any atom is 0.258 e. The second-order valence-electron chi connectivity index (χ2n) is 7.80. The van der Waals surface area contributed by atoms with Gasteiger partial charge >= 0.3 is 0 Å². The lowest BCUT2D eigenvalue weighted by Crippen LogP contribution is -2.16. The third-order valence-corrected chi connectivity index (χ3v) is 5.49. The Balaban J connectivity index is 1.57. The van der Waals surface area contributed by atoms with Crippen LogP contribution in [0.3, 0.4) is 0 Å². The summed E-state index contributed by atoms with van der Waals surface area (Å²) in [6.45, 7) is 1.83. The van der Waals surface area contributed by atoms with Crippen molar-refractivity contribution < 1.29 is 27.5 Å². The Bertz CT molecular complexity index is 1500. The van der Waals surface area contributed by atoms with Crippen molar-refractivity contribution in [3.8, 4) is 5.75 Å². The van der Waals surface area contributed by atoms with Gasteiger partial charge in [0.2, 0.25) is 5.82 Å². The molecule has 0 bridgehead atoms. The number of amides is 2. The molecule has 0 aliphatic rings. The number of ether oxygens (including phenoxy) is 1. The number of rotatable bonds is 7. The van der Waals surface area contributed by atoms with Gasteiger partial charge in [-0.05, 0) is 42.8 Å². The van der Waals surface area contributed by atoms with Crippen molar-refractivity contribution in [2.75, 3.05) is 17.7 Å². The Hall–Kier alpha value is -4.67. The lowest BCUT2D eigenvalue weighted by molar-refractivity contribution is 0.0998. The Labute approximate surface area is 203 Å². The number of anilines is 2. The molecule has 0 aliphatic heterocycles. The summed E-state index contributed by atoms with van der Waals surface area (Å²) in [4.78, 5) is 32.7. The average Bonchev–Trinajstić information content (AvgIpc) is 2.86. The number of hydrogen-bond donors (Lipinski definition) is 3. The minimum absolute atomic E-state index is 0.258. The molecule has 1 aromatic heterocycles. The highest BCUT2D eigenvalue weighted by molar-refractivity contribution is 6.07. The van der Waals surface area contributed by atoms with E-state index in [2.05, 4.69) is 25.3 Å². The maximum absolute atomic E-state index is 14.3. The highest BCUT2D eigenvalue weighted by atomic mass is 19.2. The van der Waals surface area contributed by atoms with Crippen LogP contribution in [0.4, 0.5) is 24.7 Å². The molecular weight excluding hydrogens is 475 g/mol. The predicted octanol–water partition coefficient (Wildman–Crippen LogP) is 4.58. The monoisotopic (exact) mass is 495 g/mol. The lowest BCUT2D eigenvalue weighted by atomic mass is 10.1. The van der Waals surface area contributed by atoms with Crippen LogP contribution in [-0.4, -0.2) is 28.9 Å². The summed E-state index contributed by atoms with van der Waals surface area (Å²) in [5.41, 5.74) is 6.26. The second kappa shape index (κ2) is 9.90. The molecule has 36 heavy (non-hydrogen) atoms. The fraction of sp³-hybridized carbons (Fsp3) is 0.120. The van der Waals surface area contributed by atoms with Crippen LogP contribution in [0.15, 0.2) is 54.9 Å². The van der Waals surface area contributed by atoms with Gasteiger partial charge in [-0.3, -0.25) is 9.59 Å². The van der Waals surface area contributed by atoms with Gasteiger partial charge in [-0.1, -0.05) is 18.2 Å². The van der Waals surface area contributed by atoms with Crippen LogP contribution in [0.25, 0.3) is 10.9 Å². The zero-order chi connectivity index (χ0) is 26.0. The number of carbonyl (C=O) groups excluding carboxylic acids is 2. The van der Waals surface area contributed by atoms with Crippen molar-refractivity contribution in [2.45, 2.75) is 13.0 Å². The topological polar surface area (TPSA) is 119 Å². The molecule has 4 N–H and O–H groups in total. The number of halogens is 3. The summed E-state index contributed by atoms with van der Waals surface area (Å²) in [5, 5.41) is 6.26. The Kier molecular flexibility index (Phi) is 6.73. The first kappa shape index (κ1) is 24.5. The number of methoxy groups -OCH3 is 1. The summed E-state index contributed by atoms with van der Waals surface area (Å²) < 4.78 is 46.8. The number of para-hydroxylation sites is 1. The number of primary amides is 1. The molecule has 0 fully saturated rings. The fourth-order valence-corrected chi connectivity index (χ4v) is 3.70. The van der Waals surface area contributed by atoms with Crippen LogP contribution in [0.2, 0.25) is 0 Å². The van der Waals surface area contributed by atoms with E-state index < -0.39 is 40.6 Å². The molecule has 3 aromatic carbocycles. The van der Waals surface area contributed by atoms with E-state index in [4.69, 9.17) is 5.73 Å². The molecule has 0 aliphatic carbocycles. The van der Waals surface area contributed by atoms with Gasteiger partial charge in [0.1, 0.15) is 12.1 Å². The zero-order valence-electron chi connectivity index (χ0n) is 19.1. The summed E-state index contributed by atoms with van der Waals surface area (Å²) in [6, 6.07) is 11.8. The van der Waals surface area contributed by atoms with Crippen molar-refractivity contribution in [2.24, 2.45) is 5.73 Å². The number of nitrogens with zero attached hydrogens (tertiary/aromatic N) is 2. The van der Waals surface area contributed by atoms with Crippen LogP contribution in [0.5, 0.6) is 5.75 Å². The SMILES string of the molecule is COc1c(F)cc(C(=O)Nc2cccc(C(C)Nc3ncnc4c(C(N)=O)cccc34)c2)c(F)c1F. The van der Waals surface area contributed by atoms with Gasteiger partial charge < -0.3 is 21.1 Å². The van der Waals surface area contributed by atoms with Gasteiger partial charge in [0, 0.05) is 11.1 Å². The molecule has 4 aromatic rings. The number of nitrogens with one attached hydrogen (secondary N) is 2. The van der Waals surface area contributed by atoms with E-state index in [1.807, 2.05) is 6.92 Å². The molecule has 2 amide bonds. The minimum Gasteiger partial charge on any atom is -0.491 e. The minimum atomic E-state index is -1.59. The van der Waals surface area contributed by atoms with Crippen molar-refractivity contribution in [3.05, 3.63) is 89.0 Å². The molecule has 0 saturated heterocycles. The molecule has 11 heteroatoms. The van der Waals surface area contributed by atoms with Crippen LogP contribution in [-0.2, 0) is 0 Å². The van der Waals surface area contributed by atoms with Crippen LogP contribution < -0.4 is 21.1 Å². The maximum atomic E-state index is 14.3. The number of fused-ring (bicyclic) bond motifs is 1. The molecule has 0 radical (unpaired) electrons. The summed E-state index contributed by atoms with van der Waals surface area (Å²) in [7, 11) is 0.988. The summed E-state index contributed by atoms with van der Waals surface area (Å²) in [5.74, 6) is -6.43. The van der Waals surface area contributed by atoms with E-state index >= 15 is 0 Å². The zero-order valence-corrected chi connectivity index (χ0v) is 19.1. The number of aromatic nitrogens is 2. The van der Waals surface area contributed by atoms with Crippen molar-refractivity contribution >= 4 is 34.2 Å². The lowest BCUT2D eigenvalue weighted by Gasteiger charge is -2.18. The molecule has 1 unspecified atom stereocenters.